The first-order valence-electron chi connectivity index (χ1n) is 7.63. The van der Waals surface area contributed by atoms with Gasteiger partial charge in [-0.25, -0.2) is 0 Å². The fourth-order valence-electron chi connectivity index (χ4n) is 2.76. The molecular formula is C18H20N2O2. The number of likely N-dealkylation sites (tertiary alicyclic amines) is 1. The summed E-state index contributed by atoms with van der Waals surface area (Å²) in [7, 11) is 0. The van der Waals surface area contributed by atoms with Crippen LogP contribution in [-0.2, 0) is 6.54 Å². The molecule has 0 unspecified atom stereocenters. The summed E-state index contributed by atoms with van der Waals surface area (Å²) in [5, 5.41) is 12.9. The highest BCUT2D eigenvalue weighted by molar-refractivity contribution is 6.04. The Morgan fingerprint density at radius 2 is 1.82 bits per heavy atom. The van der Waals surface area contributed by atoms with Crippen LogP contribution in [0.5, 0.6) is 5.75 Å². The van der Waals surface area contributed by atoms with Gasteiger partial charge in [-0.2, -0.15) is 0 Å². The van der Waals surface area contributed by atoms with Crippen molar-refractivity contribution in [1.82, 2.24) is 4.90 Å². The van der Waals surface area contributed by atoms with Gasteiger partial charge in [-0.15, -0.1) is 0 Å². The summed E-state index contributed by atoms with van der Waals surface area (Å²) in [6.45, 7) is 2.86. The molecule has 1 saturated heterocycles. The van der Waals surface area contributed by atoms with Gasteiger partial charge >= 0.3 is 0 Å². The van der Waals surface area contributed by atoms with E-state index in [1.807, 2.05) is 24.3 Å². The van der Waals surface area contributed by atoms with Crippen molar-refractivity contribution in [3.05, 3.63) is 59.7 Å². The van der Waals surface area contributed by atoms with Crippen LogP contribution < -0.4 is 5.32 Å². The molecule has 1 aliphatic heterocycles. The van der Waals surface area contributed by atoms with E-state index in [4.69, 9.17) is 0 Å². The molecule has 22 heavy (non-hydrogen) atoms. The molecule has 0 spiro atoms. The Bertz CT molecular complexity index is 649. The van der Waals surface area contributed by atoms with Crippen LogP contribution in [0.1, 0.15) is 28.8 Å². The smallest absolute Gasteiger partial charge is 0.255 e. The van der Waals surface area contributed by atoms with Gasteiger partial charge in [0.05, 0.1) is 0 Å². The summed E-state index contributed by atoms with van der Waals surface area (Å²) in [6.07, 6.45) is 2.43. The van der Waals surface area contributed by atoms with E-state index in [0.29, 0.717) is 11.3 Å². The highest BCUT2D eigenvalue weighted by atomic mass is 16.3. The monoisotopic (exact) mass is 296 g/mol. The standard InChI is InChI=1S/C18H20N2O2/c21-17-9-8-16(12-15(17)13-20-10-4-5-11-20)19-18(22)14-6-2-1-3-7-14/h1-3,6-9,12,21H,4-5,10-11,13H2,(H,19,22). The van der Waals surface area contributed by atoms with Crippen molar-refractivity contribution in [2.45, 2.75) is 19.4 Å². The maximum absolute atomic E-state index is 12.2. The number of carbonyl (C=O) groups excluding carboxylic acids is 1. The number of phenolic OH excluding ortho intramolecular Hbond substituents is 1. The molecule has 4 heteroatoms. The summed E-state index contributed by atoms with van der Waals surface area (Å²) >= 11 is 0. The van der Waals surface area contributed by atoms with Crippen molar-refractivity contribution < 1.29 is 9.90 Å². The molecule has 1 aliphatic rings. The predicted octanol–water partition coefficient (Wildman–Crippen LogP) is 3.24. The average Bonchev–Trinajstić information content (AvgIpc) is 3.04. The number of phenols is 1. The second kappa shape index (κ2) is 6.62. The van der Waals surface area contributed by atoms with E-state index in [1.54, 1.807) is 24.3 Å². The van der Waals surface area contributed by atoms with Gasteiger partial charge in [-0.3, -0.25) is 9.69 Å². The zero-order valence-corrected chi connectivity index (χ0v) is 12.5. The number of anilines is 1. The molecule has 0 atom stereocenters. The summed E-state index contributed by atoms with van der Waals surface area (Å²) in [6, 6.07) is 14.3. The Balaban J connectivity index is 1.72. The van der Waals surface area contributed by atoms with Gasteiger partial charge in [0.2, 0.25) is 0 Å². The van der Waals surface area contributed by atoms with Crippen LogP contribution >= 0.6 is 0 Å². The van der Waals surface area contributed by atoms with Gasteiger partial charge in [-0.05, 0) is 56.3 Å². The van der Waals surface area contributed by atoms with Crippen LogP contribution in [0.3, 0.4) is 0 Å². The largest absolute Gasteiger partial charge is 0.508 e. The van der Waals surface area contributed by atoms with Gasteiger partial charge in [-0.1, -0.05) is 18.2 Å². The van der Waals surface area contributed by atoms with E-state index >= 15 is 0 Å². The third kappa shape index (κ3) is 3.46. The van der Waals surface area contributed by atoms with Gasteiger partial charge < -0.3 is 10.4 Å². The number of carbonyl (C=O) groups is 1. The van der Waals surface area contributed by atoms with E-state index in [2.05, 4.69) is 10.2 Å². The summed E-state index contributed by atoms with van der Waals surface area (Å²) in [5.41, 5.74) is 2.19. The molecule has 0 radical (unpaired) electrons. The van der Waals surface area contributed by atoms with E-state index in [-0.39, 0.29) is 11.7 Å². The average molecular weight is 296 g/mol. The highest BCUT2D eigenvalue weighted by Gasteiger charge is 2.14. The predicted molar refractivity (Wildman–Crippen MR) is 87.0 cm³/mol. The third-order valence-corrected chi connectivity index (χ3v) is 3.97. The van der Waals surface area contributed by atoms with Crippen LogP contribution in [0.4, 0.5) is 5.69 Å². The van der Waals surface area contributed by atoms with Crippen LogP contribution in [-0.4, -0.2) is 29.0 Å². The maximum Gasteiger partial charge on any atom is 0.255 e. The Morgan fingerprint density at radius 1 is 1.09 bits per heavy atom. The third-order valence-electron chi connectivity index (χ3n) is 3.97. The second-order valence-corrected chi connectivity index (χ2v) is 5.65. The lowest BCUT2D eigenvalue weighted by atomic mass is 10.1. The van der Waals surface area contributed by atoms with Crippen LogP contribution in [0.25, 0.3) is 0 Å². The Morgan fingerprint density at radius 3 is 2.55 bits per heavy atom. The number of hydrogen-bond acceptors (Lipinski definition) is 3. The number of rotatable bonds is 4. The van der Waals surface area contributed by atoms with Crippen LogP contribution in [0.15, 0.2) is 48.5 Å². The number of nitrogens with one attached hydrogen (secondary N) is 1. The van der Waals surface area contributed by atoms with Gasteiger partial charge in [0, 0.05) is 23.4 Å². The van der Waals surface area contributed by atoms with Crippen molar-refractivity contribution >= 4 is 11.6 Å². The molecule has 2 N–H and O–H groups in total. The Kier molecular flexibility index (Phi) is 4.39. The molecule has 4 nitrogen and oxygen atoms in total. The lowest BCUT2D eigenvalue weighted by Gasteiger charge is -2.16. The van der Waals surface area contributed by atoms with Crippen molar-refractivity contribution in [2.24, 2.45) is 0 Å². The molecule has 3 rings (SSSR count). The van der Waals surface area contributed by atoms with Crippen molar-refractivity contribution in [3.63, 3.8) is 0 Å². The quantitative estimate of drug-likeness (QED) is 0.852. The summed E-state index contributed by atoms with van der Waals surface area (Å²) in [5.74, 6) is 0.142. The van der Waals surface area contributed by atoms with Gasteiger partial charge in [0.1, 0.15) is 5.75 Å². The molecule has 1 fully saturated rings. The first-order chi connectivity index (χ1) is 10.7. The molecule has 0 saturated carbocycles. The van der Waals surface area contributed by atoms with Crippen LogP contribution in [0.2, 0.25) is 0 Å². The van der Waals surface area contributed by atoms with Crippen molar-refractivity contribution in [2.75, 3.05) is 18.4 Å². The number of aromatic hydroxyl groups is 1. The van der Waals surface area contributed by atoms with E-state index in [0.717, 1.165) is 25.2 Å². The van der Waals surface area contributed by atoms with Crippen molar-refractivity contribution in [3.8, 4) is 5.75 Å². The molecule has 114 valence electrons. The zero-order valence-electron chi connectivity index (χ0n) is 12.5. The normalized spacial score (nSPS) is 14.9. The fourth-order valence-corrected chi connectivity index (χ4v) is 2.76. The summed E-state index contributed by atoms with van der Waals surface area (Å²) < 4.78 is 0. The molecule has 0 aliphatic carbocycles. The molecule has 1 amide bonds. The molecule has 0 bridgehead atoms. The number of benzene rings is 2. The summed E-state index contributed by atoms with van der Waals surface area (Å²) in [4.78, 5) is 14.5. The number of hydrogen-bond donors (Lipinski definition) is 2. The first kappa shape index (κ1) is 14.6. The maximum atomic E-state index is 12.2. The van der Waals surface area contributed by atoms with Gasteiger partial charge in [0.15, 0.2) is 0 Å². The van der Waals surface area contributed by atoms with Crippen LogP contribution in [0, 0.1) is 0 Å². The lowest BCUT2D eigenvalue weighted by Crippen LogP contribution is -2.18. The minimum absolute atomic E-state index is 0.140. The first-order valence-corrected chi connectivity index (χ1v) is 7.63. The molecule has 1 heterocycles. The second-order valence-electron chi connectivity index (χ2n) is 5.65. The molecule has 2 aromatic rings. The van der Waals surface area contributed by atoms with E-state index in [1.165, 1.54) is 12.8 Å². The Hall–Kier alpha value is -2.33. The minimum Gasteiger partial charge on any atom is -0.508 e. The van der Waals surface area contributed by atoms with Gasteiger partial charge in [0.25, 0.3) is 5.91 Å². The SMILES string of the molecule is O=C(Nc1ccc(O)c(CN2CCCC2)c1)c1ccccc1. The van der Waals surface area contributed by atoms with E-state index < -0.39 is 0 Å². The van der Waals surface area contributed by atoms with Crippen molar-refractivity contribution in [1.29, 1.82) is 0 Å². The minimum atomic E-state index is -0.140. The lowest BCUT2D eigenvalue weighted by molar-refractivity contribution is 0.102. The zero-order chi connectivity index (χ0) is 15.4. The molecule has 0 aromatic heterocycles. The Labute approximate surface area is 130 Å². The topological polar surface area (TPSA) is 52.6 Å². The highest BCUT2D eigenvalue weighted by Crippen LogP contribution is 2.24. The fraction of sp³-hybridized carbons (Fsp3) is 0.278. The van der Waals surface area contributed by atoms with E-state index in [9.17, 15) is 9.90 Å². The number of nitrogens with zero attached hydrogens (tertiary/aromatic N) is 1. The molecular weight excluding hydrogens is 276 g/mol. The number of amides is 1. The molecule has 2 aromatic carbocycles.